The van der Waals surface area contributed by atoms with E-state index in [2.05, 4.69) is 38.6 Å². The van der Waals surface area contributed by atoms with Gasteiger partial charge >= 0.3 is 0 Å². The van der Waals surface area contributed by atoms with Crippen LogP contribution in [0.25, 0.3) is 0 Å². The average molecular weight is 214 g/mol. The van der Waals surface area contributed by atoms with Gasteiger partial charge < -0.3 is 0 Å². The topological polar surface area (TPSA) is 0 Å². The minimum Gasteiger partial charge on any atom is -0.179 e. The summed E-state index contributed by atoms with van der Waals surface area (Å²) in [6.45, 7) is 4.49. The molecule has 0 spiro atoms. The second kappa shape index (κ2) is 5.71. The van der Waals surface area contributed by atoms with Crippen LogP contribution < -0.4 is 0 Å². The largest absolute Gasteiger partial charge is 0.179 e. The molecule has 0 amide bonds. The molecule has 0 N–H and O–H groups in total. The molecule has 0 fully saturated rings. The first kappa shape index (κ1) is 11.1. The van der Waals surface area contributed by atoms with E-state index in [9.17, 15) is 0 Å². The van der Waals surface area contributed by atoms with E-state index in [0.29, 0.717) is 5.92 Å². The van der Waals surface area contributed by atoms with Gasteiger partial charge in [0.05, 0.1) is 0 Å². The Labute approximate surface area is 90.8 Å². The maximum atomic E-state index is 4.30. The highest BCUT2D eigenvalue weighted by Gasteiger charge is 2.04. The van der Waals surface area contributed by atoms with Crippen molar-refractivity contribution in [1.82, 2.24) is 0 Å². The van der Waals surface area contributed by atoms with Crippen LogP contribution in [0.1, 0.15) is 30.0 Å². The molecule has 1 unspecified atom stereocenters. The van der Waals surface area contributed by atoms with Crippen LogP contribution in [0, 0.1) is 5.92 Å². The van der Waals surface area contributed by atoms with Crippen LogP contribution in [0.5, 0.6) is 0 Å². The molecule has 0 aromatic carbocycles. The third-order valence-corrected chi connectivity index (χ3v) is 3.87. The van der Waals surface area contributed by atoms with Crippen LogP contribution in [0.4, 0.5) is 0 Å². The third-order valence-electron chi connectivity index (χ3n) is 2.08. The molecule has 1 atom stereocenters. The number of rotatable bonds is 5. The summed E-state index contributed by atoms with van der Waals surface area (Å²) < 4.78 is 0. The van der Waals surface area contributed by atoms with E-state index in [1.807, 2.05) is 11.3 Å². The van der Waals surface area contributed by atoms with Crippen molar-refractivity contribution in [2.75, 3.05) is 5.75 Å². The molecule has 1 heterocycles. The van der Waals surface area contributed by atoms with Crippen molar-refractivity contribution in [2.24, 2.45) is 5.92 Å². The van der Waals surface area contributed by atoms with Crippen molar-refractivity contribution in [2.45, 2.75) is 33.1 Å². The first-order valence-electron chi connectivity index (χ1n) is 4.94. The fraction of sp³-hybridized carbons (Fsp3) is 0.636. The number of thiol groups is 1. The van der Waals surface area contributed by atoms with Gasteiger partial charge in [-0.1, -0.05) is 20.3 Å². The first-order chi connectivity index (χ1) is 6.26. The van der Waals surface area contributed by atoms with Gasteiger partial charge in [-0.15, -0.1) is 11.3 Å². The molecular formula is C11H18S2. The van der Waals surface area contributed by atoms with Crippen LogP contribution in [-0.4, -0.2) is 5.75 Å². The lowest BCUT2D eigenvalue weighted by molar-refractivity contribution is 0.668. The monoisotopic (exact) mass is 214 g/mol. The van der Waals surface area contributed by atoms with Crippen molar-refractivity contribution >= 4 is 24.0 Å². The SMILES string of the molecule is CCCc1ccc(CC(C)CS)s1. The number of thiophene rings is 1. The fourth-order valence-electron chi connectivity index (χ4n) is 1.32. The molecule has 13 heavy (non-hydrogen) atoms. The molecule has 0 aliphatic rings. The molecule has 0 saturated heterocycles. The summed E-state index contributed by atoms with van der Waals surface area (Å²) in [6.07, 6.45) is 3.68. The van der Waals surface area contributed by atoms with Crippen LogP contribution in [-0.2, 0) is 12.8 Å². The lowest BCUT2D eigenvalue weighted by Crippen LogP contribution is -1.98. The summed E-state index contributed by atoms with van der Waals surface area (Å²) in [5.74, 6) is 1.69. The minimum absolute atomic E-state index is 0.705. The zero-order valence-electron chi connectivity index (χ0n) is 8.42. The highest BCUT2D eigenvalue weighted by Crippen LogP contribution is 2.21. The molecule has 0 radical (unpaired) electrons. The van der Waals surface area contributed by atoms with Gasteiger partial charge in [0.15, 0.2) is 0 Å². The third kappa shape index (κ3) is 3.74. The summed E-state index contributed by atoms with van der Waals surface area (Å²) in [4.78, 5) is 3.05. The second-order valence-corrected chi connectivity index (χ2v) is 5.23. The van der Waals surface area contributed by atoms with Gasteiger partial charge in [0.2, 0.25) is 0 Å². The van der Waals surface area contributed by atoms with Gasteiger partial charge in [0.25, 0.3) is 0 Å². The van der Waals surface area contributed by atoms with E-state index in [-0.39, 0.29) is 0 Å². The zero-order chi connectivity index (χ0) is 9.68. The molecule has 1 aromatic rings. The summed E-state index contributed by atoms with van der Waals surface area (Å²) in [6, 6.07) is 4.55. The van der Waals surface area contributed by atoms with Crippen molar-refractivity contribution < 1.29 is 0 Å². The summed E-state index contributed by atoms with van der Waals surface area (Å²) in [5.41, 5.74) is 0. The average Bonchev–Trinajstić information content (AvgIpc) is 2.53. The Kier molecular flexibility index (Phi) is 4.89. The lowest BCUT2D eigenvalue weighted by Gasteiger charge is -2.04. The van der Waals surface area contributed by atoms with E-state index in [1.165, 1.54) is 29.0 Å². The quantitative estimate of drug-likeness (QED) is 0.708. The Hall–Kier alpha value is 0.0500. The predicted molar refractivity (Wildman–Crippen MR) is 65.0 cm³/mol. The number of aryl methyl sites for hydroxylation is 1. The van der Waals surface area contributed by atoms with Gasteiger partial charge in [-0.2, -0.15) is 12.6 Å². The van der Waals surface area contributed by atoms with E-state index >= 15 is 0 Å². The zero-order valence-corrected chi connectivity index (χ0v) is 10.1. The van der Waals surface area contributed by atoms with E-state index in [1.54, 1.807) is 0 Å². The minimum atomic E-state index is 0.705. The highest BCUT2D eigenvalue weighted by molar-refractivity contribution is 7.80. The molecule has 74 valence electrons. The van der Waals surface area contributed by atoms with Crippen LogP contribution in [0.2, 0.25) is 0 Å². The predicted octanol–water partition coefficient (Wildman–Crippen LogP) is 3.81. The maximum Gasteiger partial charge on any atom is 0.00511 e. The smallest absolute Gasteiger partial charge is 0.00511 e. The molecule has 0 aliphatic carbocycles. The Balaban J connectivity index is 2.48. The van der Waals surface area contributed by atoms with Gasteiger partial charge in [-0.25, -0.2) is 0 Å². The van der Waals surface area contributed by atoms with Crippen molar-refractivity contribution in [3.63, 3.8) is 0 Å². The van der Waals surface area contributed by atoms with Crippen molar-refractivity contribution in [3.05, 3.63) is 21.9 Å². The Morgan fingerprint density at radius 2 is 2.08 bits per heavy atom. The highest BCUT2D eigenvalue weighted by atomic mass is 32.1. The second-order valence-electron chi connectivity index (χ2n) is 3.61. The molecule has 2 heteroatoms. The molecule has 1 rings (SSSR count). The molecule has 0 saturated carbocycles. The molecule has 0 aliphatic heterocycles. The van der Waals surface area contributed by atoms with Crippen LogP contribution in [0.15, 0.2) is 12.1 Å². The Morgan fingerprint density at radius 1 is 1.38 bits per heavy atom. The van der Waals surface area contributed by atoms with E-state index < -0.39 is 0 Å². The van der Waals surface area contributed by atoms with Gasteiger partial charge in [0.1, 0.15) is 0 Å². The van der Waals surface area contributed by atoms with Gasteiger partial charge in [-0.3, -0.25) is 0 Å². The fourth-order valence-corrected chi connectivity index (χ4v) is 2.73. The van der Waals surface area contributed by atoms with Crippen molar-refractivity contribution in [3.8, 4) is 0 Å². The standard InChI is InChI=1S/C11H18S2/c1-3-4-10-5-6-11(13-10)7-9(2)8-12/h5-6,9,12H,3-4,7-8H2,1-2H3. The Morgan fingerprint density at radius 3 is 2.69 bits per heavy atom. The van der Waals surface area contributed by atoms with Crippen molar-refractivity contribution in [1.29, 1.82) is 0 Å². The van der Waals surface area contributed by atoms with E-state index in [0.717, 1.165) is 5.75 Å². The molecule has 0 bridgehead atoms. The van der Waals surface area contributed by atoms with Crippen LogP contribution >= 0.6 is 24.0 Å². The molecular weight excluding hydrogens is 196 g/mol. The summed E-state index contributed by atoms with van der Waals surface area (Å²) >= 11 is 6.27. The molecule has 1 aromatic heterocycles. The summed E-state index contributed by atoms with van der Waals surface area (Å²) in [7, 11) is 0. The van der Waals surface area contributed by atoms with Gasteiger partial charge in [-0.05, 0) is 36.6 Å². The number of hydrogen-bond donors (Lipinski definition) is 1. The normalized spacial score (nSPS) is 13.2. The molecule has 0 nitrogen and oxygen atoms in total. The maximum absolute atomic E-state index is 4.30. The van der Waals surface area contributed by atoms with E-state index in [4.69, 9.17) is 0 Å². The lowest BCUT2D eigenvalue weighted by atomic mass is 10.1. The van der Waals surface area contributed by atoms with Gasteiger partial charge in [0, 0.05) is 9.75 Å². The number of hydrogen-bond acceptors (Lipinski definition) is 2. The first-order valence-corrected chi connectivity index (χ1v) is 6.39. The van der Waals surface area contributed by atoms with Crippen LogP contribution in [0.3, 0.4) is 0 Å². The summed E-state index contributed by atoms with van der Waals surface area (Å²) in [5, 5.41) is 0. The Bertz CT molecular complexity index is 240.